The molecule has 8 atom stereocenters. The largest absolute Gasteiger partial charge is 0.459 e. The molecule has 0 radical (unpaired) electrons. The fourth-order valence-corrected chi connectivity index (χ4v) is 6.74. The molecule has 0 aliphatic heterocycles. The number of carbonyl (C=O) groups excluding carboxylic acids is 2. The zero-order valence-corrected chi connectivity index (χ0v) is 16.3. The van der Waals surface area contributed by atoms with E-state index >= 15 is 0 Å². The number of ether oxygens (including phenoxy) is 1. The van der Waals surface area contributed by atoms with Gasteiger partial charge in [-0.3, -0.25) is 4.79 Å². The Hall–Kier alpha value is -1.20. The molecule has 0 aromatic heterocycles. The molecule has 3 aliphatic rings. The molecule has 5 nitrogen and oxygen atoms in total. The third kappa shape index (κ3) is 2.22. The zero-order chi connectivity index (χ0) is 19.5. The van der Waals surface area contributed by atoms with Crippen LogP contribution in [0.1, 0.15) is 53.4 Å². The van der Waals surface area contributed by atoms with Crippen LogP contribution in [0.3, 0.4) is 0 Å². The van der Waals surface area contributed by atoms with Gasteiger partial charge in [-0.15, -0.1) is 6.58 Å². The molecule has 0 amide bonds. The van der Waals surface area contributed by atoms with E-state index in [1.807, 2.05) is 20.8 Å². The molecular formula is C21H32O5. The van der Waals surface area contributed by atoms with Gasteiger partial charge in [0, 0.05) is 23.2 Å². The van der Waals surface area contributed by atoms with Crippen LogP contribution < -0.4 is 0 Å². The number of ketones is 1. The van der Waals surface area contributed by atoms with E-state index in [4.69, 9.17) is 4.74 Å². The summed E-state index contributed by atoms with van der Waals surface area (Å²) in [5.74, 6) is -0.708. The number of aliphatic hydroxyl groups is 2. The Morgan fingerprint density at radius 3 is 2.58 bits per heavy atom. The van der Waals surface area contributed by atoms with Gasteiger partial charge in [0.1, 0.15) is 18.5 Å². The highest BCUT2D eigenvalue weighted by atomic mass is 16.6. The summed E-state index contributed by atoms with van der Waals surface area (Å²) in [6.07, 6.45) is 3.33. The fraction of sp³-hybridized carbons (Fsp3) is 0.810. The number of Topliss-reactive ketones (excluding diaryl/α,β-unsaturated/α-hetero) is 1. The molecule has 3 aliphatic carbocycles. The third-order valence-electron chi connectivity index (χ3n) is 8.43. The Balaban J connectivity index is 2.27. The number of hydrogen-bond acceptors (Lipinski definition) is 5. The van der Waals surface area contributed by atoms with Crippen molar-refractivity contribution in [2.24, 2.45) is 34.0 Å². The minimum atomic E-state index is -0.894. The standard InChI is InChI=1S/C21H32O5/c1-6-19(4)17(25)13(3)21-9-7-12(2)20(5,16(21)14(23)8-10-21)18(19)26-15(24)11-22/h6,12-13,16-18,22,25H,1,7-11H2,2-5H3/t12?,13-,16-,17-,18+,19-,20+,21-/m0/s1. The molecule has 2 bridgehead atoms. The summed E-state index contributed by atoms with van der Waals surface area (Å²) in [7, 11) is 0. The van der Waals surface area contributed by atoms with Crippen molar-refractivity contribution in [3.63, 3.8) is 0 Å². The monoisotopic (exact) mass is 364 g/mol. The van der Waals surface area contributed by atoms with Gasteiger partial charge in [-0.1, -0.05) is 33.8 Å². The van der Waals surface area contributed by atoms with Gasteiger partial charge in [0.2, 0.25) is 0 Å². The Bertz CT molecular complexity index is 630. The van der Waals surface area contributed by atoms with Crippen molar-refractivity contribution < 1.29 is 24.5 Å². The lowest BCUT2D eigenvalue weighted by Gasteiger charge is -2.56. The van der Waals surface area contributed by atoms with Gasteiger partial charge in [-0.2, -0.15) is 0 Å². The number of aliphatic hydroxyl groups excluding tert-OH is 2. The van der Waals surface area contributed by atoms with Crippen LogP contribution in [0.25, 0.3) is 0 Å². The van der Waals surface area contributed by atoms with E-state index in [2.05, 4.69) is 13.5 Å². The Kier molecular flexibility index (Phi) is 4.64. The summed E-state index contributed by atoms with van der Waals surface area (Å²) < 4.78 is 5.79. The molecule has 3 rings (SSSR count). The van der Waals surface area contributed by atoms with Crippen LogP contribution in [0.5, 0.6) is 0 Å². The van der Waals surface area contributed by atoms with E-state index in [0.29, 0.717) is 6.42 Å². The number of carbonyl (C=O) groups is 2. The number of esters is 1. The van der Waals surface area contributed by atoms with Crippen LogP contribution in [-0.4, -0.2) is 40.8 Å². The van der Waals surface area contributed by atoms with E-state index in [1.165, 1.54) is 0 Å². The van der Waals surface area contributed by atoms with Crippen LogP contribution in [0.2, 0.25) is 0 Å². The summed E-state index contributed by atoms with van der Waals surface area (Å²) in [5.41, 5.74) is -1.76. The average Bonchev–Trinajstić information content (AvgIpc) is 2.97. The van der Waals surface area contributed by atoms with E-state index in [1.54, 1.807) is 6.08 Å². The Morgan fingerprint density at radius 1 is 1.35 bits per heavy atom. The van der Waals surface area contributed by atoms with Gasteiger partial charge < -0.3 is 14.9 Å². The molecule has 3 saturated carbocycles. The minimum Gasteiger partial charge on any atom is -0.459 e. The van der Waals surface area contributed by atoms with Crippen molar-refractivity contribution in [1.29, 1.82) is 0 Å². The molecule has 0 spiro atoms. The molecule has 0 aromatic rings. The summed E-state index contributed by atoms with van der Waals surface area (Å²) in [6.45, 7) is 11.3. The van der Waals surface area contributed by atoms with Crippen molar-refractivity contribution in [2.75, 3.05) is 6.61 Å². The predicted octanol–water partition coefficient (Wildman–Crippen LogP) is 2.50. The third-order valence-corrected chi connectivity index (χ3v) is 8.43. The first-order valence-corrected chi connectivity index (χ1v) is 9.74. The molecule has 1 unspecified atom stereocenters. The van der Waals surface area contributed by atoms with Crippen molar-refractivity contribution >= 4 is 11.8 Å². The van der Waals surface area contributed by atoms with Gasteiger partial charge in [0.15, 0.2) is 0 Å². The Labute approximate surface area is 155 Å². The second-order valence-corrected chi connectivity index (χ2v) is 9.27. The SMILES string of the molecule is C=C[C@]1(C)[C@@H](OC(=O)CO)[C@]2(C)C(C)CC[C@]3(CCC(=O)[C@H]32)[C@@H](C)[C@@H]1O. The summed E-state index contributed by atoms with van der Waals surface area (Å²) in [6, 6.07) is 0. The maximum absolute atomic E-state index is 13.1. The molecular weight excluding hydrogens is 332 g/mol. The second-order valence-electron chi connectivity index (χ2n) is 9.27. The maximum atomic E-state index is 13.1. The lowest BCUT2D eigenvalue weighted by Crippen LogP contribution is -2.58. The van der Waals surface area contributed by atoms with Gasteiger partial charge in [-0.25, -0.2) is 4.79 Å². The van der Waals surface area contributed by atoms with Gasteiger partial charge in [0.05, 0.1) is 6.10 Å². The van der Waals surface area contributed by atoms with Crippen molar-refractivity contribution in [3.05, 3.63) is 12.7 Å². The highest BCUT2D eigenvalue weighted by Gasteiger charge is 2.71. The molecule has 0 heterocycles. The van der Waals surface area contributed by atoms with Crippen LogP contribution in [-0.2, 0) is 14.3 Å². The second kappa shape index (κ2) is 6.16. The highest BCUT2D eigenvalue weighted by molar-refractivity contribution is 5.86. The maximum Gasteiger partial charge on any atom is 0.332 e. The highest BCUT2D eigenvalue weighted by Crippen LogP contribution is 2.69. The normalized spacial score (nSPS) is 50.7. The zero-order valence-electron chi connectivity index (χ0n) is 16.3. The number of hydrogen-bond donors (Lipinski definition) is 2. The first-order chi connectivity index (χ1) is 12.1. The quantitative estimate of drug-likeness (QED) is 0.594. The molecule has 5 heteroatoms. The lowest BCUT2D eigenvalue weighted by molar-refractivity contribution is -0.189. The topological polar surface area (TPSA) is 83.8 Å². The molecule has 146 valence electrons. The van der Waals surface area contributed by atoms with Crippen molar-refractivity contribution in [3.8, 4) is 0 Å². The Morgan fingerprint density at radius 2 is 2.00 bits per heavy atom. The van der Waals surface area contributed by atoms with E-state index in [0.717, 1.165) is 19.3 Å². The minimum absolute atomic E-state index is 0.105. The van der Waals surface area contributed by atoms with Gasteiger partial charge >= 0.3 is 5.97 Å². The molecule has 26 heavy (non-hydrogen) atoms. The van der Waals surface area contributed by atoms with Gasteiger partial charge in [-0.05, 0) is 36.5 Å². The molecule has 0 aromatic carbocycles. The first kappa shape index (κ1) is 19.6. The van der Waals surface area contributed by atoms with Crippen molar-refractivity contribution in [1.82, 2.24) is 0 Å². The van der Waals surface area contributed by atoms with E-state index in [-0.39, 0.29) is 29.0 Å². The summed E-state index contributed by atoms with van der Waals surface area (Å²) in [4.78, 5) is 25.2. The summed E-state index contributed by atoms with van der Waals surface area (Å²) >= 11 is 0. The van der Waals surface area contributed by atoms with E-state index in [9.17, 15) is 19.8 Å². The lowest BCUT2D eigenvalue weighted by atomic mass is 9.49. The molecule has 2 N–H and O–H groups in total. The summed E-state index contributed by atoms with van der Waals surface area (Å²) in [5, 5.41) is 20.7. The van der Waals surface area contributed by atoms with Crippen LogP contribution in [0.15, 0.2) is 12.7 Å². The first-order valence-electron chi connectivity index (χ1n) is 9.74. The predicted molar refractivity (Wildman–Crippen MR) is 97.1 cm³/mol. The van der Waals surface area contributed by atoms with Crippen LogP contribution >= 0.6 is 0 Å². The van der Waals surface area contributed by atoms with Crippen LogP contribution in [0.4, 0.5) is 0 Å². The van der Waals surface area contributed by atoms with Crippen molar-refractivity contribution in [2.45, 2.75) is 65.6 Å². The molecule has 3 fully saturated rings. The fourth-order valence-electron chi connectivity index (χ4n) is 6.74. The smallest absolute Gasteiger partial charge is 0.332 e. The molecule has 0 saturated heterocycles. The average molecular weight is 364 g/mol. The van der Waals surface area contributed by atoms with Crippen LogP contribution in [0, 0.1) is 34.0 Å². The van der Waals surface area contributed by atoms with Gasteiger partial charge in [0.25, 0.3) is 0 Å². The number of rotatable bonds is 3. The van der Waals surface area contributed by atoms with E-state index < -0.39 is 35.6 Å².